The molecule has 0 aromatic heterocycles. The summed E-state index contributed by atoms with van der Waals surface area (Å²) in [5, 5.41) is 17.9. The predicted molar refractivity (Wildman–Crippen MR) is 83.0 cm³/mol. The lowest BCUT2D eigenvalue weighted by molar-refractivity contribution is 0.0719. The van der Waals surface area contributed by atoms with Crippen LogP contribution in [0, 0.1) is 18.8 Å². The zero-order valence-corrected chi connectivity index (χ0v) is 12.7. The van der Waals surface area contributed by atoms with Crippen LogP contribution in [0.5, 0.6) is 0 Å². The first kappa shape index (κ1) is 17.2. The number of aryl methyl sites for hydroxylation is 1. The number of hydrogen-bond acceptors (Lipinski definition) is 3. The topological polar surface area (TPSA) is 60.8 Å². The Kier molecular flexibility index (Phi) is 7.52. The molecule has 0 unspecified atom stereocenters. The van der Waals surface area contributed by atoms with Crippen LogP contribution in [-0.4, -0.2) is 47.3 Å². The molecule has 1 amide bonds. The Balaban J connectivity index is 2.98. The Labute approximate surface area is 126 Å². The number of aliphatic hydroxyl groups is 2. The van der Waals surface area contributed by atoms with E-state index in [1.807, 2.05) is 13.0 Å². The van der Waals surface area contributed by atoms with Crippen molar-refractivity contribution in [3.8, 4) is 11.8 Å². The third-order valence-electron chi connectivity index (χ3n) is 3.23. The second kappa shape index (κ2) is 9.17. The van der Waals surface area contributed by atoms with Gasteiger partial charge >= 0.3 is 0 Å². The van der Waals surface area contributed by atoms with Crippen LogP contribution < -0.4 is 0 Å². The monoisotopic (exact) mass is 289 g/mol. The van der Waals surface area contributed by atoms with Gasteiger partial charge in [-0.3, -0.25) is 4.79 Å². The normalized spacial score (nSPS) is 9.90. The molecule has 0 saturated heterocycles. The zero-order valence-electron chi connectivity index (χ0n) is 12.7. The molecule has 0 aliphatic carbocycles. The van der Waals surface area contributed by atoms with Crippen molar-refractivity contribution in [3.63, 3.8) is 0 Å². The summed E-state index contributed by atoms with van der Waals surface area (Å²) in [6, 6.07) is 5.38. The van der Waals surface area contributed by atoms with Crippen molar-refractivity contribution in [2.45, 2.75) is 26.7 Å². The molecular weight excluding hydrogens is 266 g/mol. The fourth-order valence-corrected chi connectivity index (χ4v) is 1.99. The van der Waals surface area contributed by atoms with E-state index in [0.29, 0.717) is 18.7 Å². The van der Waals surface area contributed by atoms with Crippen LogP contribution in [0.3, 0.4) is 0 Å². The quantitative estimate of drug-likeness (QED) is 0.782. The van der Waals surface area contributed by atoms with Gasteiger partial charge in [0, 0.05) is 24.2 Å². The van der Waals surface area contributed by atoms with Gasteiger partial charge in [0.2, 0.25) is 0 Å². The van der Waals surface area contributed by atoms with Crippen LogP contribution in [0.15, 0.2) is 18.2 Å². The van der Waals surface area contributed by atoms with E-state index in [0.717, 1.165) is 24.0 Å². The number of benzene rings is 1. The van der Waals surface area contributed by atoms with E-state index >= 15 is 0 Å². The van der Waals surface area contributed by atoms with Crippen LogP contribution in [0.4, 0.5) is 0 Å². The van der Waals surface area contributed by atoms with Gasteiger partial charge in [0.05, 0.1) is 6.61 Å². The van der Waals surface area contributed by atoms with Crippen LogP contribution in [0.2, 0.25) is 0 Å². The Morgan fingerprint density at radius 2 is 2.05 bits per heavy atom. The summed E-state index contributed by atoms with van der Waals surface area (Å²) < 4.78 is 0. The summed E-state index contributed by atoms with van der Waals surface area (Å²) in [6.07, 6.45) is 1.91. The molecule has 0 spiro atoms. The van der Waals surface area contributed by atoms with Gasteiger partial charge in [0.15, 0.2) is 0 Å². The van der Waals surface area contributed by atoms with E-state index in [4.69, 9.17) is 10.2 Å². The molecule has 4 nitrogen and oxygen atoms in total. The molecule has 1 aromatic carbocycles. The van der Waals surface area contributed by atoms with Crippen molar-refractivity contribution in [3.05, 3.63) is 34.9 Å². The number of aliphatic hydroxyl groups excluding tert-OH is 2. The minimum Gasteiger partial charge on any atom is -0.395 e. The molecule has 4 heteroatoms. The van der Waals surface area contributed by atoms with Gasteiger partial charge in [-0.1, -0.05) is 31.3 Å². The fraction of sp³-hybridized carbons (Fsp3) is 0.471. The highest BCUT2D eigenvalue weighted by Gasteiger charge is 2.15. The van der Waals surface area contributed by atoms with Crippen LogP contribution in [-0.2, 0) is 0 Å². The predicted octanol–water partition coefficient (Wildman–Crippen LogP) is 1.57. The maximum Gasteiger partial charge on any atom is 0.253 e. The SMILES string of the molecule is CCCCN(CCO)C(=O)c1ccc(C)c(C#CCO)c1. The maximum atomic E-state index is 12.5. The number of hydrogen-bond donors (Lipinski definition) is 2. The van der Waals surface area contributed by atoms with Gasteiger partial charge < -0.3 is 15.1 Å². The third-order valence-corrected chi connectivity index (χ3v) is 3.23. The minimum atomic E-state index is -0.204. The molecule has 0 fully saturated rings. The van der Waals surface area contributed by atoms with Gasteiger partial charge in [-0.25, -0.2) is 0 Å². The Morgan fingerprint density at radius 3 is 2.67 bits per heavy atom. The Bertz CT molecular complexity index is 529. The molecule has 0 radical (unpaired) electrons. The molecule has 0 heterocycles. The van der Waals surface area contributed by atoms with Gasteiger partial charge in [-0.05, 0) is 31.0 Å². The zero-order chi connectivity index (χ0) is 15.7. The molecule has 1 aromatic rings. The summed E-state index contributed by atoms with van der Waals surface area (Å²) in [5.41, 5.74) is 2.27. The van der Waals surface area contributed by atoms with E-state index in [2.05, 4.69) is 18.8 Å². The summed E-state index contributed by atoms with van der Waals surface area (Å²) in [6.45, 7) is 4.71. The molecule has 1 rings (SSSR count). The largest absolute Gasteiger partial charge is 0.395 e. The lowest BCUT2D eigenvalue weighted by Gasteiger charge is -2.21. The first-order chi connectivity index (χ1) is 10.1. The highest BCUT2D eigenvalue weighted by molar-refractivity contribution is 5.94. The van der Waals surface area contributed by atoms with E-state index in [9.17, 15) is 4.79 Å². The molecule has 2 N–H and O–H groups in total. The van der Waals surface area contributed by atoms with Gasteiger partial charge in [-0.15, -0.1) is 0 Å². The minimum absolute atomic E-state index is 0.0432. The average molecular weight is 289 g/mol. The molecule has 0 atom stereocenters. The number of carbonyl (C=O) groups is 1. The van der Waals surface area contributed by atoms with Crippen LogP contribution >= 0.6 is 0 Å². The van der Waals surface area contributed by atoms with Crippen molar-refractivity contribution in [1.82, 2.24) is 4.90 Å². The second-order valence-corrected chi connectivity index (χ2v) is 4.86. The molecule has 114 valence electrons. The van der Waals surface area contributed by atoms with E-state index in [1.165, 1.54) is 0 Å². The van der Waals surface area contributed by atoms with Crippen molar-refractivity contribution in [1.29, 1.82) is 0 Å². The number of carbonyl (C=O) groups excluding carboxylic acids is 1. The van der Waals surface area contributed by atoms with Crippen LogP contribution in [0.1, 0.15) is 41.3 Å². The average Bonchev–Trinajstić information content (AvgIpc) is 2.50. The molecule has 0 saturated carbocycles. The van der Waals surface area contributed by atoms with Gasteiger partial charge in [0.1, 0.15) is 6.61 Å². The smallest absolute Gasteiger partial charge is 0.253 e. The summed E-state index contributed by atoms with van der Waals surface area (Å²) in [7, 11) is 0. The van der Waals surface area contributed by atoms with Gasteiger partial charge in [0.25, 0.3) is 5.91 Å². The molecule has 0 aliphatic heterocycles. The second-order valence-electron chi connectivity index (χ2n) is 4.86. The number of rotatable bonds is 6. The summed E-state index contributed by atoms with van der Waals surface area (Å²) >= 11 is 0. The van der Waals surface area contributed by atoms with Gasteiger partial charge in [-0.2, -0.15) is 0 Å². The lowest BCUT2D eigenvalue weighted by Crippen LogP contribution is -2.34. The molecule has 21 heavy (non-hydrogen) atoms. The van der Waals surface area contributed by atoms with E-state index in [1.54, 1.807) is 17.0 Å². The van der Waals surface area contributed by atoms with E-state index < -0.39 is 0 Å². The third kappa shape index (κ3) is 5.22. The first-order valence-corrected chi connectivity index (χ1v) is 7.24. The summed E-state index contributed by atoms with van der Waals surface area (Å²) in [5.74, 6) is 5.36. The fourth-order valence-electron chi connectivity index (χ4n) is 1.99. The molecule has 0 bridgehead atoms. The van der Waals surface area contributed by atoms with Crippen molar-refractivity contribution >= 4 is 5.91 Å². The highest BCUT2D eigenvalue weighted by Crippen LogP contribution is 2.13. The maximum absolute atomic E-state index is 12.5. The molecular formula is C17H23NO3. The van der Waals surface area contributed by atoms with E-state index in [-0.39, 0.29) is 19.1 Å². The number of amides is 1. The molecule has 0 aliphatic rings. The van der Waals surface area contributed by atoms with Crippen molar-refractivity contribution in [2.75, 3.05) is 26.3 Å². The van der Waals surface area contributed by atoms with Crippen molar-refractivity contribution in [2.24, 2.45) is 0 Å². The lowest BCUT2D eigenvalue weighted by atomic mass is 10.0. The highest BCUT2D eigenvalue weighted by atomic mass is 16.3. The van der Waals surface area contributed by atoms with Crippen LogP contribution in [0.25, 0.3) is 0 Å². The van der Waals surface area contributed by atoms with Crippen molar-refractivity contribution < 1.29 is 15.0 Å². The number of unbranched alkanes of at least 4 members (excludes halogenated alkanes) is 1. The Morgan fingerprint density at radius 1 is 1.29 bits per heavy atom. The number of nitrogens with zero attached hydrogens (tertiary/aromatic N) is 1. The summed E-state index contributed by atoms with van der Waals surface area (Å²) in [4.78, 5) is 14.2. The Hall–Kier alpha value is -1.83. The standard InChI is InChI=1S/C17H23NO3/c1-3-4-9-18(10-12-20)17(21)16-8-7-14(2)15(13-16)6-5-11-19/h7-8,13,19-20H,3-4,9-12H2,1-2H3. The first-order valence-electron chi connectivity index (χ1n) is 7.24.